The van der Waals surface area contributed by atoms with E-state index in [9.17, 15) is 24.3 Å². The molecule has 2 aromatic rings. The number of H-pyrrole nitrogens is 1. The third kappa shape index (κ3) is 5.58. The van der Waals surface area contributed by atoms with Gasteiger partial charge in [0.05, 0.1) is 18.1 Å². The average Bonchev–Trinajstić information content (AvgIpc) is 2.81. The molecule has 4 rings (SSSR count). The number of aromatic nitrogens is 2. The number of nitrogens with two attached hydrogens (primary N) is 1. The van der Waals surface area contributed by atoms with Crippen LogP contribution in [0.2, 0.25) is 0 Å². The zero-order valence-electron chi connectivity index (χ0n) is 18.3. The molecular weight excluding hydrogens is 489 g/mol. The molecule has 3 heterocycles. The Kier molecular flexibility index (Phi) is 9.01. The number of thioether (sulfide) groups is 2. The first-order chi connectivity index (χ1) is 15.9. The van der Waals surface area contributed by atoms with Gasteiger partial charge in [-0.2, -0.15) is 5.10 Å². The molecule has 1 unspecified atom stereocenters. The maximum Gasteiger partial charge on any atom is 1.00 e. The van der Waals surface area contributed by atoms with Gasteiger partial charge >= 0.3 is 29.6 Å². The van der Waals surface area contributed by atoms with Gasteiger partial charge < -0.3 is 21.0 Å². The van der Waals surface area contributed by atoms with Gasteiger partial charge in [-0.3, -0.25) is 19.3 Å². The Balaban J connectivity index is 0.00000324. The Morgan fingerprint density at radius 1 is 1.24 bits per heavy atom. The van der Waals surface area contributed by atoms with Crippen LogP contribution in [-0.4, -0.2) is 55.8 Å². The van der Waals surface area contributed by atoms with Gasteiger partial charge in [0.1, 0.15) is 16.4 Å². The van der Waals surface area contributed by atoms with Crippen molar-refractivity contribution in [2.75, 3.05) is 11.5 Å². The minimum absolute atomic E-state index is 0. The summed E-state index contributed by atoms with van der Waals surface area (Å²) in [5.74, 6) is -1.65. The number of carboxylic acids is 1. The van der Waals surface area contributed by atoms with E-state index in [2.05, 4.69) is 15.5 Å². The number of carbonyl (C=O) groups excluding carboxylic acids is 3. The Morgan fingerprint density at radius 2 is 1.97 bits per heavy atom. The Labute approximate surface area is 225 Å². The number of hydrogen-bond acceptors (Lipinski definition) is 9. The topological polar surface area (TPSA) is 161 Å². The predicted molar refractivity (Wildman–Crippen MR) is 121 cm³/mol. The van der Waals surface area contributed by atoms with Gasteiger partial charge in [0.25, 0.3) is 11.5 Å². The number of β-lactam (4-membered cyclic amide) rings is 1. The molecule has 10 nitrogen and oxygen atoms in total. The van der Waals surface area contributed by atoms with E-state index in [1.807, 2.05) is 24.3 Å². The number of carbonyl (C=O) groups is 3. The monoisotopic (exact) mass is 509 g/mol. The van der Waals surface area contributed by atoms with Crippen LogP contribution >= 0.6 is 23.5 Å². The largest absolute Gasteiger partial charge is 1.00 e. The van der Waals surface area contributed by atoms with Gasteiger partial charge in [-0.1, -0.05) is 24.3 Å². The van der Waals surface area contributed by atoms with E-state index < -0.39 is 23.3 Å². The summed E-state index contributed by atoms with van der Waals surface area (Å²) >= 11 is 2.62. The first-order valence-electron chi connectivity index (χ1n) is 10.0. The van der Waals surface area contributed by atoms with Crippen LogP contribution < -0.4 is 51.3 Å². The number of carboxylic acid groups (broad SMARTS) is 1. The fourth-order valence-corrected chi connectivity index (χ4v) is 5.99. The van der Waals surface area contributed by atoms with Crippen LogP contribution in [0.15, 0.2) is 57.5 Å². The van der Waals surface area contributed by atoms with Gasteiger partial charge in [-0.05, 0) is 22.8 Å². The van der Waals surface area contributed by atoms with E-state index in [4.69, 9.17) is 5.73 Å². The molecule has 34 heavy (non-hydrogen) atoms. The van der Waals surface area contributed by atoms with Crippen LogP contribution in [0.3, 0.4) is 0 Å². The van der Waals surface area contributed by atoms with Crippen molar-refractivity contribution >= 4 is 41.3 Å². The van der Waals surface area contributed by atoms with Crippen molar-refractivity contribution in [1.82, 2.24) is 20.4 Å². The van der Waals surface area contributed by atoms with Crippen molar-refractivity contribution in [2.24, 2.45) is 5.73 Å². The Bertz CT molecular complexity index is 1180. The number of nitrogens with zero attached hydrogens (tertiary/aromatic N) is 2. The summed E-state index contributed by atoms with van der Waals surface area (Å²) in [5.41, 5.74) is 7.36. The second-order valence-corrected chi connectivity index (χ2v) is 9.49. The van der Waals surface area contributed by atoms with E-state index in [0.717, 1.165) is 11.1 Å². The molecule has 0 bridgehead atoms. The summed E-state index contributed by atoms with van der Waals surface area (Å²) in [5, 5.41) is 20.8. The molecule has 1 aromatic carbocycles. The van der Waals surface area contributed by atoms with Crippen LogP contribution in [0, 0.1) is 0 Å². The molecule has 2 aliphatic rings. The average molecular weight is 510 g/mol. The third-order valence-corrected chi connectivity index (χ3v) is 7.65. The summed E-state index contributed by atoms with van der Waals surface area (Å²) in [6, 6.07) is 9.36. The fraction of sp³-hybridized carbons (Fsp3) is 0.286. The van der Waals surface area contributed by atoms with Gasteiger partial charge in [0.2, 0.25) is 5.91 Å². The number of hydrogen-bond donors (Lipinski definition) is 3. The van der Waals surface area contributed by atoms with Gasteiger partial charge in [-0.25, -0.2) is 5.10 Å². The maximum absolute atomic E-state index is 12.8. The summed E-state index contributed by atoms with van der Waals surface area (Å²) in [6.45, 7) is 0.299. The Morgan fingerprint density at radius 3 is 2.62 bits per heavy atom. The molecule has 4 N–H and O–H groups in total. The summed E-state index contributed by atoms with van der Waals surface area (Å²) < 4.78 is 0. The van der Waals surface area contributed by atoms with E-state index in [0.29, 0.717) is 22.9 Å². The fourth-order valence-electron chi connectivity index (χ4n) is 3.68. The molecule has 0 aliphatic carbocycles. The predicted octanol–water partition coefficient (Wildman–Crippen LogP) is -4.03. The first-order valence-corrected chi connectivity index (χ1v) is 12.0. The van der Waals surface area contributed by atoms with Crippen molar-refractivity contribution in [2.45, 2.75) is 29.4 Å². The molecule has 2 atom stereocenters. The number of aliphatic carboxylic acids is 1. The number of nitrogens with one attached hydrogen (secondary N) is 2. The first kappa shape index (κ1) is 26.5. The van der Waals surface area contributed by atoms with Gasteiger partial charge in [0.15, 0.2) is 0 Å². The molecule has 13 heteroatoms. The van der Waals surface area contributed by atoms with Crippen LogP contribution in [0.1, 0.15) is 11.1 Å². The quantitative estimate of drug-likeness (QED) is 0.183. The minimum Gasteiger partial charge on any atom is -0.543 e. The number of fused-ring (bicyclic) bond motifs is 1. The van der Waals surface area contributed by atoms with E-state index >= 15 is 0 Å². The van der Waals surface area contributed by atoms with E-state index in [1.54, 1.807) is 0 Å². The number of benzene rings is 1. The number of aromatic amines is 1. The zero-order valence-corrected chi connectivity index (χ0v) is 21.9. The second kappa shape index (κ2) is 11.6. The molecule has 1 aromatic heterocycles. The second-order valence-electron chi connectivity index (χ2n) is 7.39. The summed E-state index contributed by atoms with van der Waals surface area (Å²) in [7, 11) is 0. The molecule has 0 radical (unpaired) electrons. The Hall–Kier alpha value is -2.09. The van der Waals surface area contributed by atoms with Crippen molar-refractivity contribution < 1.29 is 49.0 Å². The molecule has 2 amide bonds. The molecule has 2 aliphatic heterocycles. The van der Waals surface area contributed by atoms with Gasteiger partial charge in [0, 0.05) is 24.1 Å². The van der Waals surface area contributed by atoms with Crippen molar-refractivity contribution in [3.8, 4) is 0 Å². The van der Waals surface area contributed by atoms with Crippen molar-refractivity contribution in [3.63, 3.8) is 0 Å². The van der Waals surface area contributed by atoms with Crippen LogP contribution in [0.5, 0.6) is 0 Å². The molecular formula is C21H20N5NaO5S2. The standard InChI is InChI=1S/C21H21N5O5S2.Na/c22-8-12-4-2-1-3-11(12)7-15(28)23-17-19(29)26-18(21(30)31)13(10-33-20(17)26)9-32-16-6-5-14(27)24-25-16;/h1-6,17,20H,7-10,22H2,(H,23,28)(H,24,27)(H,30,31);/q;+1/p-1/t17?,20-;/m1./s1. The van der Waals surface area contributed by atoms with E-state index in [1.165, 1.54) is 40.6 Å². The van der Waals surface area contributed by atoms with Crippen LogP contribution in [0.25, 0.3) is 0 Å². The molecule has 172 valence electrons. The molecule has 1 fully saturated rings. The third-order valence-electron chi connectivity index (χ3n) is 5.29. The smallest absolute Gasteiger partial charge is 0.543 e. The molecule has 0 spiro atoms. The SMILES string of the molecule is NCc1ccccc1CC(=O)NC1C(=O)N2C(C(=O)[O-])=C(CSc3ccc(=O)[nH]n3)CS[C@H]12.[Na+]. The molecule has 1 saturated heterocycles. The van der Waals surface area contributed by atoms with Crippen molar-refractivity contribution in [1.29, 1.82) is 0 Å². The van der Waals surface area contributed by atoms with Crippen LogP contribution in [-0.2, 0) is 27.3 Å². The maximum atomic E-state index is 12.8. The minimum atomic E-state index is -1.44. The van der Waals surface area contributed by atoms with E-state index in [-0.39, 0.29) is 58.9 Å². The normalized spacial score (nSPS) is 19.1. The molecule has 0 saturated carbocycles. The summed E-state index contributed by atoms with van der Waals surface area (Å²) in [4.78, 5) is 49.5. The number of amides is 2. The van der Waals surface area contributed by atoms with Gasteiger partial charge in [-0.15, -0.1) is 23.5 Å². The van der Waals surface area contributed by atoms with Crippen LogP contribution in [0.4, 0.5) is 0 Å². The summed E-state index contributed by atoms with van der Waals surface area (Å²) in [6.07, 6.45) is 0.0752. The number of rotatable bonds is 8. The van der Waals surface area contributed by atoms with Crippen molar-refractivity contribution in [3.05, 3.63) is 69.1 Å². The zero-order chi connectivity index (χ0) is 23.5.